The van der Waals surface area contributed by atoms with Gasteiger partial charge in [0.25, 0.3) is 0 Å². The van der Waals surface area contributed by atoms with Crippen molar-refractivity contribution in [3.05, 3.63) is 40.8 Å². The second kappa shape index (κ2) is 5.01. The van der Waals surface area contributed by atoms with Crippen molar-refractivity contribution in [2.24, 2.45) is 10.8 Å². The molecule has 1 heterocycles. The zero-order chi connectivity index (χ0) is 13.8. The van der Waals surface area contributed by atoms with E-state index in [1.54, 1.807) is 24.4 Å². The van der Waals surface area contributed by atoms with Crippen molar-refractivity contribution in [2.45, 2.75) is 0 Å². The number of nitriles is 1. The van der Waals surface area contributed by atoms with Gasteiger partial charge in [-0.05, 0) is 6.07 Å². The molecule has 0 aliphatic rings. The number of hydrazone groups is 1. The fourth-order valence-corrected chi connectivity index (χ4v) is 1.55. The van der Waals surface area contributed by atoms with Crippen LogP contribution in [0.4, 0.5) is 5.69 Å². The van der Waals surface area contributed by atoms with E-state index in [0.29, 0.717) is 11.1 Å². The summed E-state index contributed by atoms with van der Waals surface area (Å²) in [5.41, 5.74) is 7.92. The topological polar surface area (TPSA) is 131 Å². The lowest BCUT2D eigenvalue weighted by Gasteiger charge is -2.05. The summed E-state index contributed by atoms with van der Waals surface area (Å²) in [6.07, 6.45) is 1.59. The van der Waals surface area contributed by atoms with Gasteiger partial charge in [-0.15, -0.1) is 0 Å². The lowest BCUT2D eigenvalue weighted by atomic mass is 10.1. The van der Waals surface area contributed by atoms with Gasteiger partial charge >= 0.3 is 0 Å². The first-order chi connectivity index (χ1) is 9.11. The molecule has 0 radical (unpaired) electrons. The highest BCUT2D eigenvalue weighted by atomic mass is 16.1. The predicted molar refractivity (Wildman–Crippen MR) is 73.2 cm³/mol. The van der Waals surface area contributed by atoms with Gasteiger partial charge < -0.3 is 10.7 Å². The van der Waals surface area contributed by atoms with Gasteiger partial charge in [-0.3, -0.25) is 15.6 Å². The van der Waals surface area contributed by atoms with Crippen LogP contribution in [0.1, 0.15) is 0 Å². The number of fused-ring (bicyclic) bond motifs is 1. The average molecular weight is 254 g/mol. The van der Waals surface area contributed by atoms with Gasteiger partial charge in [0, 0.05) is 23.0 Å². The third-order valence-electron chi connectivity index (χ3n) is 2.43. The molecule has 2 rings (SSSR count). The fourth-order valence-electron chi connectivity index (χ4n) is 1.55. The van der Waals surface area contributed by atoms with E-state index in [1.165, 1.54) is 6.07 Å². The molecule has 0 unspecified atom stereocenters. The summed E-state index contributed by atoms with van der Waals surface area (Å²) < 4.78 is 0. The molecule has 0 atom stereocenters. The summed E-state index contributed by atoms with van der Waals surface area (Å²) in [5, 5.41) is 21.1. The van der Waals surface area contributed by atoms with E-state index >= 15 is 0 Å². The Morgan fingerprint density at radius 1 is 1.53 bits per heavy atom. The van der Waals surface area contributed by atoms with Crippen molar-refractivity contribution >= 4 is 28.0 Å². The van der Waals surface area contributed by atoms with Crippen LogP contribution < -0.4 is 16.7 Å². The van der Waals surface area contributed by atoms with Crippen molar-refractivity contribution in [2.75, 3.05) is 5.43 Å². The van der Waals surface area contributed by atoms with Gasteiger partial charge in [-0.25, -0.2) is 0 Å². The Labute approximate surface area is 107 Å². The molecule has 0 amide bonds. The SMILES string of the molecule is N#C/C(=N\Nc1cccc2c[nH]c(=O)cc12)C(=N)N. The van der Waals surface area contributed by atoms with Crippen LogP contribution >= 0.6 is 0 Å². The highest BCUT2D eigenvalue weighted by molar-refractivity contribution is 6.45. The van der Waals surface area contributed by atoms with Gasteiger partial charge in [-0.1, -0.05) is 12.1 Å². The molecular formula is C12H10N6O. The van der Waals surface area contributed by atoms with E-state index in [0.717, 1.165) is 5.39 Å². The summed E-state index contributed by atoms with van der Waals surface area (Å²) in [5.74, 6) is -0.423. The van der Waals surface area contributed by atoms with E-state index in [4.69, 9.17) is 16.4 Å². The number of benzene rings is 1. The summed E-state index contributed by atoms with van der Waals surface area (Å²) >= 11 is 0. The van der Waals surface area contributed by atoms with Gasteiger partial charge in [0.1, 0.15) is 6.07 Å². The number of aromatic amines is 1. The molecule has 7 nitrogen and oxygen atoms in total. The van der Waals surface area contributed by atoms with Crippen LogP contribution in [0.25, 0.3) is 10.8 Å². The Bertz CT molecular complexity index is 768. The molecule has 7 heteroatoms. The fraction of sp³-hybridized carbons (Fsp3) is 0. The summed E-state index contributed by atoms with van der Waals surface area (Å²) in [4.78, 5) is 13.9. The minimum atomic E-state index is -0.423. The van der Waals surface area contributed by atoms with Gasteiger partial charge in [0.15, 0.2) is 5.84 Å². The molecule has 2 aromatic rings. The number of pyridine rings is 1. The molecule has 94 valence electrons. The number of nitrogens with one attached hydrogen (secondary N) is 3. The molecule has 1 aromatic carbocycles. The maximum atomic E-state index is 11.3. The highest BCUT2D eigenvalue weighted by Crippen LogP contribution is 2.20. The van der Waals surface area contributed by atoms with Crippen molar-refractivity contribution in [1.29, 1.82) is 10.7 Å². The monoisotopic (exact) mass is 254 g/mol. The molecule has 0 bridgehead atoms. The first kappa shape index (κ1) is 12.3. The van der Waals surface area contributed by atoms with Crippen molar-refractivity contribution in [3.8, 4) is 6.07 Å². The maximum Gasteiger partial charge on any atom is 0.248 e. The second-order valence-corrected chi connectivity index (χ2v) is 3.70. The Kier molecular flexibility index (Phi) is 3.25. The van der Waals surface area contributed by atoms with Gasteiger partial charge in [0.2, 0.25) is 11.3 Å². The van der Waals surface area contributed by atoms with Crippen LogP contribution in [0.2, 0.25) is 0 Å². The predicted octanol–water partition coefficient (Wildman–Crippen LogP) is 0.756. The van der Waals surface area contributed by atoms with E-state index in [2.05, 4.69) is 15.5 Å². The molecule has 5 N–H and O–H groups in total. The quantitative estimate of drug-likeness (QED) is 0.365. The Morgan fingerprint density at radius 3 is 3.00 bits per heavy atom. The van der Waals surface area contributed by atoms with E-state index in [-0.39, 0.29) is 11.3 Å². The van der Waals surface area contributed by atoms with Crippen LogP contribution in [0, 0.1) is 16.7 Å². The molecule has 0 fully saturated rings. The number of H-pyrrole nitrogens is 1. The Balaban J connectivity index is 2.47. The third-order valence-corrected chi connectivity index (χ3v) is 2.43. The number of hydrogen-bond acceptors (Lipinski definition) is 5. The zero-order valence-electron chi connectivity index (χ0n) is 9.77. The molecule has 0 aliphatic heterocycles. The van der Waals surface area contributed by atoms with E-state index in [1.807, 2.05) is 6.07 Å². The first-order valence-corrected chi connectivity index (χ1v) is 5.31. The second-order valence-electron chi connectivity index (χ2n) is 3.70. The minimum absolute atomic E-state index is 0.221. The number of aromatic nitrogens is 1. The first-order valence-electron chi connectivity index (χ1n) is 5.31. The van der Waals surface area contributed by atoms with Crippen molar-refractivity contribution in [3.63, 3.8) is 0 Å². The molecule has 0 aliphatic carbocycles. The number of nitrogens with zero attached hydrogens (tertiary/aromatic N) is 2. The number of nitrogens with two attached hydrogens (primary N) is 1. The summed E-state index contributed by atoms with van der Waals surface area (Å²) in [6, 6.07) is 8.44. The normalized spacial score (nSPS) is 11.0. The third kappa shape index (κ3) is 2.58. The van der Waals surface area contributed by atoms with Gasteiger partial charge in [0.05, 0.1) is 5.69 Å². The number of rotatable bonds is 3. The minimum Gasteiger partial charge on any atom is -0.382 e. The highest BCUT2D eigenvalue weighted by Gasteiger charge is 2.03. The lowest BCUT2D eigenvalue weighted by molar-refractivity contribution is 1.26. The lowest BCUT2D eigenvalue weighted by Crippen LogP contribution is -2.21. The largest absolute Gasteiger partial charge is 0.382 e. The van der Waals surface area contributed by atoms with Crippen LogP contribution in [-0.2, 0) is 0 Å². The van der Waals surface area contributed by atoms with Crippen LogP contribution in [0.3, 0.4) is 0 Å². The van der Waals surface area contributed by atoms with Crippen molar-refractivity contribution in [1.82, 2.24) is 4.98 Å². The molecule has 0 saturated heterocycles. The smallest absolute Gasteiger partial charge is 0.248 e. The Morgan fingerprint density at radius 2 is 2.32 bits per heavy atom. The molecule has 0 saturated carbocycles. The average Bonchev–Trinajstić information content (AvgIpc) is 2.39. The number of amidine groups is 1. The molecule has 19 heavy (non-hydrogen) atoms. The van der Waals surface area contributed by atoms with Gasteiger partial charge in [-0.2, -0.15) is 10.4 Å². The Hall–Kier alpha value is -3.14. The van der Waals surface area contributed by atoms with Crippen LogP contribution in [-0.4, -0.2) is 16.5 Å². The number of hydrogen-bond donors (Lipinski definition) is 4. The van der Waals surface area contributed by atoms with E-state index in [9.17, 15) is 4.79 Å². The number of anilines is 1. The van der Waals surface area contributed by atoms with Crippen molar-refractivity contribution < 1.29 is 0 Å². The summed E-state index contributed by atoms with van der Waals surface area (Å²) in [7, 11) is 0. The van der Waals surface area contributed by atoms with Crippen LogP contribution in [0.5, 0.6) is 0 Å². The standard InChI is InChI=1S/C12H10N6O/c13-5-10(12(14)15)18-17-9-3-1-2-7-6-16-11(19)4-8(7)9/h1-4,6,17H,(H3,14,15)(H,16,19)/b18-10+. The molecular weight excluding hydrogens is 244 g/mol. The zero-order valence-corrected chi connectivity index (χ0v) is 9.77. The molecule has 1 aromatic heterocycles. The van der Waals surface area contributed by atoms with Crippen LogP contribution in [0.15, 0.2) is 40.4 Å². The summed E-state index contributed by atoms with van der Waals surface area (Å²) in [6.45, 7) is 0. The molecule has 0 spiro atoms. The van der Waals surface area contributed by atoms with E-state index < -0.39 is 5.84 Å². The maximum absolute atomic E-state index is 11.3.